The molecular weight excluding hydrogens is 647 g/mol. The minimum absolute atomic E-state index is 0.667. The Morgan fingerprint density at radius 3 is 1.44 bits per heavy atom. The lowest BCUT2D eigenvalue weighted by atomic mass is 9.95. The Labute approximate surface area is 296 Å². The number of aromatic nitrogens is 3. The van der Waals surface area contributed by atoms with Gasteiger partial charge < -0.3 is 0 Å². The molecule has 0 atom stereocenters. The molecule has 50 heavy (non-hydrogen) atoms. The molecule has 0 aliphatic carbocycles. The van der Waals surface area contributed by atoms with Crippen LogP contribution in [0.1, 0.15) is 0 Å². The van der Waals surface area contributed by atoms with Crippen molar-refractivity contribution in [2.75, 3.05) is 0 Å². The van der Waals surface area contributed by atoms with Crippen LogP contribution >= 0.6 is 22.7 Å². The van der Waals surface area contributed by atoms with E-state index >= 15 is 0 Å². The Kier molecular flexibility index (Phi) is 6.86. The number of hydrogen-bond acceptors (Lipinski definition) is 5. The summed E-state index contributed by atoms with van der Waals surface area (Å²) in [6.45, 7) is 0. The fourth-order valence-electron chi connectivity index (χ4n) is 6.86. The van der Waals surface area contributed by atoms with Gasteiger partial charge in [0, 0.05) is 62.6 Å². The number of fused-ring (bicyclic) bond motifs is 6. The normalized spacial score (nSPS) is 11.6. The minimum atomic E-state index is 0.667. The van der Waals surface area contributed by atoms with Gasteiger partial charge in [0.05, 0.1) is 0 Å². The molecule has 0 fully saturated rings. The third kappa shape index (κ3) is 4.98. The number of hydrogen-bond donors (Lipinski definition) is 0. The molecule has 234 valence electrons. The van der Waals surface area contributed by atoms with Crippen LogP contribution < -0.4 is 0 Å². The van der Waals surface area contributed by atoms with Crippen molar-refractivity contribution >= 4 is 63.0 Å². The highest BCUT2D eigenvalue weighted by Crippen LogP contribution is 2.45. The number of rotatable bonds is 5. The van der Waals surface area contributed by atoms with Gasteiger partial charge in [0.2, 0.25) is 0 Å². The molecule has 3 heterocycles. The summed E-state index contributed by atoms with van der Waals surface area (Å²) in [4.78, 5) is 14.8. The highest BCUT2D eigenvalue weighted by Gasteiger charge is 2.17. The van der Waals surface area contributed by atoms with Gasteiger partial charge in [0.1, 0.15) is 0 Å². The van der Waals surface area contributed by atoms with E-state index in [-0.39, 0.29) is 0 Å². The fraction of sp³-hybridized carbons (Fsp3) is 0. The standard InChI is InChI=1S/C45H27N3S2/c1-4-12-28(13-5-1)33-24-37(42-38(25-33)34-18-10-11-19-39(34)50-42)31-20-22-35-36-23-21-32(27-41(36)49-40(35)26-31)45-47-43(29-14-6-2-7-15-29)46-44(48-45)30-16-8-3-9-17-30/h1-27H. The van der Waals surface area contributed by atoms with Gasteiger partial charge in [-0.2, -0.15) is 0 Å². The van der Waals surface area contributed by atoms with Crippen LogP contribution in [0.25, 0.3) is 96.8 Å². The van der Waals surface area contributed by atoms with Gasteiger partial charge >= 0.3 is 0 Å². The summed E-state index contributed by atoms with van der Waals surface area (Å²) in [5, 5.41) is 5.12. The maximum Gasteiger partial charge on any atom is 0.164 e. The second-order valence-electron chi connectivity index (χ2n) is 12.4. The van der Waals surface area contributed by atoms with Crippen molar-refractivity contribution in [2.45, 2.75) is 0 Å². The molecule has 10 aromatic rings. The first kappa shape index (κ1) is 29.0. The number of thiophene rings is 2. The van der Waals surface area contributed by atoms with Crippen LogP contribution in [0.2, 0.25) is 0 Å². The molecule has 0 spiro atoms. The van der Waals surface area contributed by atoms with Gasteiger partial charge in [-0.05, 0) is 47.0 Å². The molecule has 5 heteroatoms. The summed E-state index contributed by atoms with van der Waals surface area (Å²) < 4.78 is 5.11. The lowest BCUT2D eigenvalue weighted by molar-refractivity contribution is 1.07. The second kappa shape index (κ2) is 11.8. The Morgan fingerprint density at radius 1 is 0.300 bits per heavy atom. The Balaban J connectivity index is 1.12. The van der Waals surface area contributed by atoms with Gasteiger partial charge in [0.25, 0.3) is 0 Å². The molecule has 3 aromatic heterocycles. The van der Waals surface area contributed by atoms with Gasteiger partial charge in [-0.1, -0.05) is 133 Å². The summed E-state index contributed by atoms with van der Waals surface area (Å²) in [7, 11) is 0. The maximum atomic E-state index is 4.98. The molecule has 10 rings (SSSR count). The Bertz CT molecular complexity index is 2800. The van der Waals surface area contributed by atoms with Crippen molar-refractivity contribution in [3.05, 3.63) is 164 Å². The topological polar surface area (TPSA) is 38.7 Å². The van der Waals surface area contributed by atoms with E-state index in [1.807, 2.05) is 83.3 Å². The van der Waals surface area contributed by atoms with Crippen LogP contribution in [0.5, 0.6) is 0 Å². The summed E-state index contributed by atoms with van der Waals surface area (Å²) in [6.07, 6.45) is 0. The Hall–Kier alpha value is -6.01. The lowest BCUT2D eigenvalue weighted by Crippen LogP contribution is -1.99. The first-order valence-corrected chi connectivity index (χ1v) is 18.2. The van der Waals surface area contributed by atoms with Crippen molar-refractivity contribution in [3.8, 4) is 56.4 Å². The molecule has 0 saturated heterocycles. The predicted molar refractivity (Wildman–Crippen MR) is 213 cm³/mol. The van der Waals surface area contributed by atoms with Crippen LogP contribution in [0.3, 0.4) is 0 Å². The number of benzene rings is 7. The molecular formula is C45H27N3S2. The molecule has 0 saturated carbocycles. The van der Waals surface area contributed by atoms with Crippen molar-refractivity contribution < 1.29 is 0 Å². The van der Waals surface area contributed by atoms with Gasteiger partial charge in [-0.25, -0.2) is 15.0 Å². The van der Waals surface area contributed by atoms with Crippen LogP contribution in [0.4, 0.5) is 0 Å². The smallest absolute Gasteiger partial charge is 0.164 e. The molecule has 0 unspecified atom stereocenters. The summed E-state index contributed by atoms with van der Waals surface area (Å²) in [5.74, 6) is 2.00. The van der Waals surface area contributed by atoms with E-state index in [9.17, 15) is 0 Å². The van der Waals surface area contributed by atoms with E-state index in [4.69, 9.17) is 15.0 Å². The van der Waals surface area contributed by atoms with E-state index in [2.05, 4.69) is 103 Å². The monoisotopic (exact) mass is 673 g/mol. The SMILES string of the molecule is c1ccc(-c2cc(-c3ccc4c(c3)sc3cc(-c5nc(-c6ccccc6)nc(-c6ccccc6)n5)ccc34)c3sc4ccccc4c3c2)cc1. The summed E-state index contributed by atoms with van der Waals surface area (Å²) in [6, 6.07) is 58.0. The van der Waals surface area contributed by atoms with Crippen LogP contribution in [0.15, 0.2) is 164 Å². The first-order chi connectivity index (χ1) is 24.7. The summed E-state index contributed by atoms with van der Waals surface area (Å²) >= 11 is 3.70. The van der Waals surface area contributed by atoms with Crippen LogP contribution in [-0.4, -0.2) is 15.0 Å². The highest BCUT2D eigenvalue weighted by molar-refractivity contribution is 7.26. The van der Waals surface area contributed by atoms with E-state index in [1.165, 1.54) is 62.6 Å². The zero-order valence-corrected chi connectivity index (χ0v) is 28.4. The molecule has 0 radical (unpaired) electrons. The average molecular weight is 674 g/mol. The first-order valence-electron chi connectivity index (χ1n) is 16.6. The third-order valence-corrected chi connectivity index (χ3v) is 11.7. The molecule has 0 bridgehead atoms. The summed E-state index contributed by atoms with van der Waals surface area (Å²) in [5.41, 5.74) is 7.88. The Morgan fingerprint density at radius 2 is 0.800 bits per heavy atom. The van der Waals surface area contributed by atoms with Gasteiger partial charge in [0.15, 0.2) is 17.5 Å². The lowest BCUT2D eigenvalue weighted by Gasteiger charge is -2.09. The molecule has 0 aliphatic heterocycles. The zero-order valence-electron chi connectivity index (χ0n) is 26.7. The third-order valence-electron chi connectivity index (χ3n) is 9.33. The van der Waals surface area contributed by atoms with Crippen molar-refractivity contribution in [2.24, 2.45) is 0 Å². The molecule has 0 amide bonds. The maximum absolute atomic E-state index is 4.98. The number of nitrogens with zero attached hydrogens (tertiary/aromatic N) is 3. The van der Waals surface area contributed by atoms with Crippen molar-refractivity contribution in [1.29, 1.82) is 0 Å². The van der Waals surface area contributed by atoms with E-state index in [0.717, 1.165) is 16.7 Å². The molecule has 0 N–H and O–H groups in total. The van der Waals surface area contributed by atoms with Gasteiger partial charge in [-0.15, -0.1) is 22.7 Å². The fourth-order valence-corrected chi connectivity index (χ4v) is 9.26. The van der Waals surface area contributed by atoms with Crippen LogP contribution in [0, 0.1) is 0 Å². The van der Waals surface area contributed by atoms with Crippen molar-refractivity contribution in [3.63, 3.8) is 0 Å². The minimum Gasteiger partial charge on any atom is -0.208 e. The molecule has 0 aliphatic rings. The quantitative estimate of drug-likeness (QED) is 0.182. The van der Waals surface area contributed by atoms with Crippen molar-refractivity contribution in [1.82, 2.24) is 15.0 Å². The molecule has 3 nitrogen and oxygen atoms in total. The van der Waals surface area contributed by atoms with E-state index in [0.29, 0.717) is 17.5 Å². The highest BCUT2D eigenvalue weighted by atomic mass is 32.1. The second-order valence-corrected chi connectivity index (χ2v) is 14.6. The largest absolute Gasteiger partial charge is 0.208 e. The average Bonchev–Trinajstić information content (AvgIpc) is 3.76. The van der Waals surface area contributed by atoms with Crippen LogP contribution in [-0.2, 0) is 0 Å². The van der Waals surface area contributed by atoms with E-state index in [1.54, 1.807) is 0 Å². The zero-order chi connectivity index (χ0) is 33.0. The van der Waals surface area contributed by atoms with E-state index < -0.39 is 0 Å². The van der Waals surface area contributed by atoms with Gasteiger partial charge in [-0.3, -0.25) is 0 Å². The molecule has 7 aromatic carbocycles. The predicted octanol–water partition coefficient (Wildman–Crippen LogP) is 12.9.